The molecule has 126 valence electrons. The second kappa shape index (κ2) is 6.75. The zero-order chi connectivity index (χ0) is 17.1. The van der Waals surface area contributed by atoms with Crippen LogP contribution in [0.1, 0.15) is 11.7 Å². The Bertz CT molecular complexity index is 822. The molecular weight excluding hydrogens is 320 g/mol. The molecule has 0 aliphatic rings. The summed E-state index contributed by atoms with van der Waals surface area (Å²) in [4.78, 5) is 8.20. The summed E-state index contributed by atoms with van der Waals surface area (Å²) in [6.45, 7) is -2.68. The van der Waals surface area contributed by atoms with Crippen LogP contribution in [0.2, 0.25) is 0 Å². The van der Waals surface area contributed by atoms with E-state index < -0.39 is 12.7 Å². The largest absolute Gasteiger partial charge is 0.435 e. The molecule has 0 spiro atoms. The number of anilines is 1. The highest BCUT2D eigenvalue weighted by atomic mass is 19.3. The lowest BCUT2D eigenvalue weighted by Crippen LogP contribution is -2.13. The highest BCUT2D eigenvalue weighted by Crippen LogP contribution is 2.21. The van der Waals surface area contributed by atoms with Gasteiger partial charge >= 0.3 is 6.61 Å². The average Bonchev–Trinajstić information content (AvgIpc) is 2.93. The number of benzene rings is 1. The predicted octanol–water partition coefficient (Wildman–Crippen LogP) is 2.11. The van der Waals surface area contributed by atoms with Crippen LogP contribution in [0.15, 0.2) is 36.8 Å². The normalized spacial score (nSPS) is 12.5. The van der Waals surface area contributed by atoms with Crippen LogP contribution >= 0.6 is 0 Å². The van der Waals surface area contributed by atoms with E-state index in [4.69, 9.17) is 0 Å². The third kappa shape index (κ3) is 3.57. The molecule has 0 aliphatic carbocycles. The van der Waals surface area contributed by atoms with E-state index in [-0.39, 0.29) is 12.3 Å². The Morgan fingerprint density at radius 3 is 2.71 bits per heavy atom. The maximum Gasteiger partial charge on any atom is 0.387 e. The number of rotatable bonds is 6. The van der Waals surface area contributed by atoms with Gasteiger partial charge in [-0.25, -0.2) is 9.97 Å². The molecule has 3 aromatic rings. The Balaban J connectivity index is 1.67. The number of nitrogens with zero attached hydrogens (tertiary/aromatic N) is 4. The molecule has 1 unspecified atom stereocenters. The van der Waals surface area contributed by atoms with E-state index in [9.17, 15) is 13.9 Å². The van der Waals surface area contributed by atoms with Crippen molar-refractivity contribution in [1.82, 2.24) is 19.7 Å². The Hall–Kier alpha value is -2.81. The second-order valence-corrected chi connectivity index (χ2v) is 5.11. The van der Waals surface area contributed by atoms with Crippen LogP contribution < -0.4 is 10.1 Å². The number of aromatic nitrogens is 4. The average molecular weight is 335 g/mol. The van der Waals surface area contributed by atoms with Crippen molar-refractivity contribution in [2.45, 2.75) is 12.7 Å². The van der Waals surface area contributed by atoms with Crippen molar-refractivity contribution in [2.75, 3.05) is 11.9 Å². The summed E-state index contributed by atoms with van der Waals surface area (Å²) < 4.78 is 30.1. The van der Waals surface area contributed by atoms with Crippen LogP contribution in [-0.2, 0) is 7.05 Å². The van der Waals surface area contributed by atoms with Crippen molar-refractivity contribution < 1.29 is 18.6 Å². The standard InChI is InChI=1S/C15H15F2N5O2/c1-22-7-11-13(19-8-20-14(11)21-22)18-6-12(23)9-2-4-10(5-3-9)24-15(16)17/h2-5,7-8,12,15,23H,6H2,1H3,(H,18,19,20,21). The first-order chi connectivity index (χ1) is 11.5. The minimum Gasteiger partial charge on any atom is -0.435 e. The fourth-order valence-electron chi connectivity index (χ4n) is 2.27. The van der Waals surface area contributed by atoms with Gasteiger partial charge in [0.25, 0.3) is 0 Å². The summed E-state index contributed by atoms with van der Waals surface area (Å²) in [7, 11) is 1.78. The molecule has 9 heteroatoms. The van der Waals surface area contributed by atoms with Crippen LogP contribution in [0.3, 0.4) is 0 Å². The van der Waals surface area contributed by atoms with Gasteiger partial charge in [0.15, 0.2) is 5.65 Å². The zero-order valence-electron chi connectivity index (χ0n) is 12.7. The SMILES string of the molecule is Cn1cc2c(NCC(O)c3ccc(OC(F)F)cc3)ncnc2n1. The summed E-state index contributed by atoms with van der Waals surface area (Å²) in [5.74, 6) is 0.603. The minimum atomic E-state index is -2.87. The molecule has 0 amide bonds. The van der Waals surface area contributed by atoms with Crippen LogP contribution in [0.25, 0.3) is 11.0 Å². The predicted molar refractivity (Wildman–Crippen MR) is 82.8 cm³/mol. The Morgan fingerprint density at radius 2 is 2.00 bits per heavy atom. The molecule has 7 nitrogen and oxygen atoms in total. The van der Waals surface area contributed by atoms with Crippen molar-refractivity contribution in [3.63, 3.8) is 0 Å². The quantitative estimate of drug-likeness (QED) is 0.718. The molecule has 24 heavy (non-hydrogen) atoms. The van der Waals surface area contributed by atoms with Gasteiger partial charge in [0.2, 0.25) is 0 Å². The molecule has 1 aromatic carbocycles. The van der Waals surface area contributed by atoms with E-state index in [1.807, 2.05) is 0 Å². The number of hydrogen-bond acceptors (Lipinski definition) is 6. The van der Waals surface area contributed by atoms with Crippen LogP contribution in [0.4, 0.5) is 14.6 Å². The molecule has 0 radical (unpaired) electrons. The number of aliphatic hydroxyl groups is 1. The number of halogens is 2. The molecular formula is C15H15F2N5O2. The summed E-state index contributed by atoms with van der Waals surface area (Å²) in [6.07, 6.45) is 2.33. The molecule has 2 heterocycles. The van der Waals surface area contributed by atoms with Gasteiger partial charge in [0.1, 0.15) is 17.9 Å². The van der Waals surface area contributed by atoms with E-state index in [1.54, 1.807) is 17.9 Å². The van der Waals surface area contributed by atoms with Gasteiger partial charge in [-0.3, -0.25) is 4.68 Å². The number of nitrogens with one attached hydrogen (secondary N) is 1. The van der Waals surface area contributed by atoms with E-state index in [0.717, 1.165) is 5.39 Å². The van der Waals surface area contributed by atoms with Crippen molar-refractivity contribution in [1.29, 1.82) is 0 Å². The first-order valence-electron chi connectivity index (χ1n) is 7.14. The van der Waals surface area contributed by atoms with Crippen molar-refractivity contribution in [3.8, 4) is 5.75 Å². The summed E-state index contributed by atoms with van der Waals surface area (Å²) in [6, 6.07) is 5.83. The lowest BCUT2D eigenvalue weighted by Gasteiger charge is -2.13. The van der Waals surface area contributed by atoms with Gasteiger partial charge in [0.05, 0.1) is 11.5 Å². The van der Waals surface area contributed by atoms with Gasteiger partial charge in [-0.05, 0) is 17.7 Å². The molecule has 1 atom stereocenters. The van der Waals surface area contributed by atoms with Gasteiger partial charge in [-0.1, -0.05) is 12.1 Å². The number of ether oxygens (including phenoxy) is 1. The molecule has 2 aromatic heterocycles. The molecule has 0 fully saturated rings. The van der Waals surface area contributed by atoms with E-state index in [1.165, 1.54) is 30.6 Å². The van der Waals surface area contributed by atoms with Crippen LogP contribution in [0.5, 0.6) is 5.75 Å². The monoisotopic (exact) mass is 335 g/mol. The highest BCUT2D eigenvalue weighted by molar-refractivity contribution is 5.85. The van der Waals surface area contributed by atoms with E-state index in [0.29, 0.717) is 17.0 Å². The second-order valence-electron chi connectivity index (χ2n) is 5.11. The summed E-state index contributed by atoms with van der Waals surface area (Å²) in [5.41, 5.74) is 1.12. The van der Waals surface area contributed by atoms with Gasteiger partial charge in [-0.15, -0.1) is 0 Å². The highest BCUT2D eigenvalue weighted by Gasteiger charge is 2.12. The molecule has 0 aliphatic heterocycles. The molecule has 2 N–H and O–H groups in total. The lowest BCUT2D eigenvalue weighted by atomic mass is 10.1. The van der Waals surface area contributed by atoms with E-state index in [2.05, 4.69) is 25.1 Å². The van der Waals surface area contributed by atoms with Crippen LogP contribution in [0, 0.1) is 0 Å². The lowest BCUT2D eigenvalue weighted by molar-refractivity contribution is -0.0498. The zero-order valence-corrected chi connectivity index (χ0v) is 12.7. The molecule has 3 rings (SSSR count). The Morgan fingerprint density at radius 1 is 1.25 bits per heavy atom. The van der Waals surface area contributed by atoms with Crippen molar-refractivity contribution >= 4 is 16.9 Å². The fraction of sp³-hybridized carbons (Fsp3) is 0.267. The fourth-order valence-corrected chi connectivity index (χ4v) is 2.27. The van der Waals surface area contributed by atoms with Crippen molar-refractivity contribution in [3.05, 3.63) is 42.4 Å². The summed E-state index contributed by atoms with van der Waals surface area (Å²) in [5, 5.41) is 18.2. The molecule has 0 saturated heterocycles. The number of alkyl halides is 2. The van der Waals surface area contributed by atoms with Gasteiger partial charge in [-0.2, -0.15) is 13.9 Å². The third-order valence-corrected chi connectivity index (χ3v) is 3.38. The maximum atomic E-state index is 12.1. The maximum absolute atomic E-state index is 12.1. The number of hydrogen-bond donors (Lipinski definition) is 2. The third-order valence-electron chi connectivity index (χ3n) is 3.38. The Labute approximate surface area is 135 Å². The molecule has 0 saturated carbocycles. The number of aryl methyl sites for hydroxylation is 1. The van der Waals surface area contributed by atoms with Crippen molar-refractivity contribution in [2.24, 2.45) is 7.05 Å². The molecule has 0 bridgehead atoms. The summed E-state index contributed by atoms with van der Waals surface area (Å²) >= 11 is 0. The number of aliphatic hydroxyl groups excluding tert-OH is 1. The number of fused-ring (bicyclic) bond motifs is 1. The first kappa shape index (κ1) is 16.1. The van der Waals surface area contributed by atoms with Gasteiger partial charge in [0, 0.05) is 19.8 Å². The van der Waals surface area contributed by atoms with Gasteiger partial charge < -0.3 is 15.2 Å². The smallest absolute Gasteiger partial charge is 0.387 e. The van der Waals surface area contributed by atoms with E-state index >= 15 is 0 Å². The topological polar surface area (TPSA) is 85.1 Å². The van der Waals surface area contributed by atoms with Crippen LogP contribution in [-0.4, -0.2) is 38.0 Å². The first-order valence-corrected chi connectivity index (χ1v) is 7.14. The Kier molecular flexibility index (Phi) is 4.52. The minimum absolute atomic E-state index is 0.0433.